The lowest BCUT2D eigenvalue weighted by Crippen LogP contribution is -2.30. The molecule has 0 radical (unpaired) electrons. The topological polar surface area (TPSA) is 83.6 Å². The first-order chi connectivity index (χ1) is 16.3. The van der Waals surface area contributed by atoms with Crippen molar-refractivity contribution in [1.82, 2.24) is 4.98 Å². The molecule has 170 valence electrons. The molecule has 3 heterocycles. The number of carbonyl (C=O) groups is 2. The number of carbonyl (C=O) groups excluding carboxylic acids is 2. The number of nitrogens with zero attached hydrogens (tertiary/aromatic N) is 2. The predicted molar refractivity (Wildman–Crippen MR) is 131 cm³/mol. The van der Waals surface area contributed by atoms with Gasteiger partial charge in [-0.3, -0.25) is 14.5 Å². The quantitative estimate of drug-likeness (QED) is 0.325. The fourth-order valence-electron chi connectivity index (χ4n) is 4.01. The summed E-state index contributed by atoms with van der Waals surface area (Å²) in [5.41, 5.74) is 1.85. The standard InChI is InChI=1S/C26H19ClN2O4S/c1-14-8-13-19(33-14)21-20(23(31)26(32)29(21)18-11-9-17(27)10-12-18)22(30)24-15(2)28-25(34-24)16-6-4-3-5-7-16/h3-13,21,31H,1-2H3. The van der Waals surface area contributed by atoms with Gasteiger partial charge in [0, 0.05) is 16.3 Å². The van der Waals surface area contributed by atoms with Crippen molar-refractivity contribution in [3.63, 3.8) is 0 Å². The molecule has 8 heteroatoms. The Morgan fingerprint density at radius 2 is 1.76 bits per heavy atom. The summed E-state index contributed by atoms with van der Waals surface area (Å²) in [5.74, 6) is -0.752. The van der Waals surface area contributed by atoms with Gasteiger partial charge in [-0.2, -0.15) is 0 Å². The molecular weight excluding hydrogens is 472 g/mol. The van der Waals surface area contributed by atoms with E-state index in [1.54, 1.807) is 50.2 Å². The molecule has 34 heavy (non-hydrogen) atoms. The van der Waals surface area contributed by atoms with Gasteiger partial charge in [0.05, 0.1) is 16.1 Å². The van der Waals surface area contributed by atoms with Gasteiger partial charge in [0.15, 0.2) is 5.76 Å². The van der Waals surface area contributed by atoms with Gasteiger partial charge in [0.2, 0.25) is 5.78 Å². The van der Waals surface area contributed by atoms with Gasteiger partial charge in [-0.25, -0.2) is 4.98 Å². The van der Waals surface area contributed by atoms with Crippen LogP contribution in [0.4, 0.5) is 5.69 Å². The Labute approximate surface area is 204 Å². The van der Waals surface area contributed by atoms with Crippen molar-refractivity contribution >= 4 is 40.3 Å². The van der Waals surface area contributed by atoms with Gasteiger partial charge in [0.1, 0.15) is 22.6 Å². The number of halogens is 1. The Hall–Kier alpha value is -3.68. The van der Waals surface area contributed by atoms with Crippen molar-refractivity contribution in [1.29, 1.82) is 0 Å². The van der Waals surface area contributed by atoms with Crippen molar-refractivity contribution < 1.29 is 19.1 Å². The number of furan rings is 1. The minimum Gasteiger partial charge on any atom is -0.503 e. The molecule has 0 aliphatic carbocycles. The molecule has 2 aromatic heterocycles. The Morgan fingerprint density at radius 3 is 2.41 bits per heavy atom. The number of aryl methyl sites for hydroxylation is 2. The van der Waals surface area contributed by atoms with Gasteiger partial charge in [-0.15, -0.1) is 11.3 Å². The van der Waals surface area contributed by atoms with E-state index in [0.717, 1.165) is 5.56 Å². The van der Waals surface area contributed by atoms with Gasteiger partial charge < -0.3 is 9.52 Å². The zero-order chi connectivity index (χ0) is 24.0. The molecule has 0 saturated carbocycles. The average Bonchev–Trinajstić information content (AvgIpc) is 3.51. The predicted octanol–water partition coefficient (Wildman–Crippen LogP) is 6.46. The molecule has 1 atom stereocenters. The molecule has 1 unspecified atom stereocenters. The maximum Gasteiger partial charge on any atom is 0.294 e. The van der Waals surface area contributed by atoms with Crippen LogP contribution in [0.3, 0.4) is 0 Å². The summed E-state index contributed by atoms with van der Waals surface area (Å²) in [4.78, 5) is 33.3. The number of amides is 1. The highest BCUT2D eigenvalue weighted by Crippen LogP contribution is 2.43. The number of ketones is 1. The Morgan fingerprint density at radius 1 is 1.06 bits per heavy atom. The zero-order valence-corrected chi connectivity index (χ0v) is 19.9. The fraction of sp³-hybridized carbons (Fsp3) is 0.115. The van der Waals surface area contributed by atoms with E-state index in [9.17, 15) is 14.7 Å². The number of hydrogen-bond donors (Lipinski definition) is 1. The number of aliphatic hydroxyl groups is 1. The van der Waals surface area contributed by atoms with Gasteiger partial charge in [-0.1, -0.05) is 41.9 Å². The van der Waals surface area contributed by atoms with Crippen LogP contribution in [0.25, 0.3) is 10.6 Å². The minimum absolute atomic E-state index is 0.0411. The molecule has 1 amide bonds. The second-order valence-electron chi connectivity index (χ2n) is 7.89. The van der Waals surface area contributed by atoms with Crippen molar-refractivity contribution in [3.05, 3.63) is 105 Å². The lowest BCUT2D eigenvalue weighted by atomic mass is 9.99. The molecule has 5 rings (SSSR count). The third kappa shape index (κ3) is 3.73. The highest BCUT2D eigenvalue weighted by Gasteiger charge is 2.46. The second-order valence-corrected chi connectivity index (χ2v) is 9.33. The van der Waals surface area contributed by atoms with Crippen LogP contribution in [0.15, 0.2) is 82.5 Å². The third-order valence-electron chi connectivity index (χ3n) is 5.61. The van der Waals surface area contributed by atoms with Crippen LogP contribution in [0.5, 0.6) is 0 Å². The summed E-state index contributed by atoms with van der Waals surface area (Å²) < 4.78 is 5.83. The first-order valence-electron chi connectivity index (χ1n) is 10.5. The van der Waals surface area contributed by atoms with Crippen LogP contribution in [-0.2, 0) is 4.79 Å². The Bertz CT molecular complexity index is 1440. The van der Waals surface area contributed by atoms with E-state index < -0.39 is 23.5 Å². The van der Waals surface area contributed by atoms with Gasteiger partial charge in [0.25, 0.3) is 5.91 Å². The van der Waals surface area contributed by atoms with Crippen LogP contribution in [0.1, 0.15) is 32.9 Å². The number of aromatic nitrogens is 1. The number of anilines is 1. The molecule has 4 aromatic rings. The molecule has 0 spiro atoms. The first-order valence-corrected chi connectivity index (χ1v) is 11.7. The number of aliphatic hydroxyl groups excluding tert-OH is 1. The lowest BCUT2D eigenvalue weighted by molar-refractivity contribution is -0.117. The number of hydrogen-bond acceptors (Lipinski definition) is 6. The van der Waals surface area contributed by atoms with Gasteiger partial charge >= 0.3 is 0 Å². The van der Waals surface area contributed by atoms with E-state index in [-0.39, 0.29) is 5.57 Å². The van der Waals surface area contributed by atoms with E-state index in [0.29, 0.717) is 37.8 Å². The first kappa shape index (κ1) is 22.1. The summed E-state index contributed by atoms with van der Waals surface area (Å²) in [6, 6.07) is 18.7. The SMILES string of the molecule is Cc1ccc(C2C(C(=O)c3sc(-c4ccccc4)nc3C)=C(O)C(=O)N2c2ccc(Cl)cc2)o1. The Kier molecular flexibility index (Phi) is 5.59. The van der Waals surface area contributed by atoms with E-state index >= 15 is 0 Å². The molecule has 2 aromatic carbocycles. The number of Topliss-reactive ketones (excluding diaryl/α,β-unsaturated/α-hetero) is 1. The molecule has 1 N–H and O–H groups in total. The van der Waals surface area contributed by atoms with Crippen LogP contribution in [-0.4, -0.2) is 21.8 Å². The zero-order valence-electron chi connectivity index (χ0n) is 18.3. The van der Waals surface area contributed by atoms with Crippen molar-refractivity contribution in [2.75, 3.05) is 4.90 Å². The second kappa shape index (κ2) is 8.59. The summed E-state index contributed by atoms with van der Waals surface area (Å²) in [5, 5.41) is 12.1. The summed E-state index contributed by atoms with van der Waals surface area (Å²) in [6.45, 7) is 3.52. The number of rotatable bonds is 5. The maximum atomic E-state index is 13.8. The fourth-order valence-corrected chi connectivity index (χ4v) is 5.16. The van der Waals surface area contributed by atoms with Crippen LogP contribution < -0.4 is 4.90 Å². The van der Waals surface area contributed by atoms with E-state index in [1.165, 1.54) is 16.2 Å². The van der Waals surface area contributed by atoms with Crippen molar-refractivity contribution in [2.45, 2.75) is 19.9 Å². The molecule has 6 nitrogen and oxygen atoms in total. The molecule has 0 bridgehead atoms. The monoisotopic (exact) mass is 490 g/mol. The van der Waals surface area contributed by atoms with Gasteiger partial charge in [-0.05, 0) is 50.2 Å². The van der Waals surface area contributed by atoms with Crippen molar-refractivity contribution in [3.8, 4) is 10.6 Å². The lowest BCUT2D eigenvalue weighted by Gasteiger charge is -2.25. The van der Waals surface area contributed by atoms with Crippen LogP contribution >= 0.6 is 22.9 Å². The molecule has 1 aliphatic rings. The highest BCUT2D eigenvalue weighted by atomic mass is 35.5. The van der Waals surface area contributed by atoms with Crippen molar-refractivity contribution in [2.24, 2.45) is 0 Å². The maximum absolute atomic E-state index is 13.8. The smallest absolute Gasteiger partial charge is 0.294 e. The van der Waals surface area contributed by atoms with Crippen LogP contribution in [0, 0.1) is 13.8 Å². The summed E-state index contributed by atoms with van der Waals surface area (Å²) in [7, 11) is 0. The largest absolute Gasteiger partial charge is 0.503 e. The Balaban J connectivity index is 1.62. The average molecular weight is 491 g/mol. The number of thiazole rings is 1. The molecule has 1 aliphatic heterocycles. The normalized spacial score (nSPS) is 15.9. The van der Waals surface area contributed by atoms with Crippen LogP contribution in [0.2, 0.25) is 5.02 Å². The summed E-state index contributed by atoms with van der Waals surface area (Å²) >= 11 is 7.26. The van der Waals surface area contributed by atoms with E-state index in [1.807, 2.05) is 30.3 Å². The molecule has 0 fully saturated rings. The van der Waals surface area contributed by atoms with E-state index in [4.69, 9.17) is 16.0 Å². The number of benzene rings is 2. The minimum atomic E-state index is -0.934. The van der Waals surface area contributed by atoms with E-state index in [2.05, 4.69) is 4.98 Å². The highest BCUT2D eigenvalue weighted by molar-refractivity contribution is 7.17. The third-order valence-corrected chi connectivity index (χ3v) is 7.07. The molecular formula is C26H19ClN2O4S. The summed E-state index contributed by atoms with van der Waals surface area (Å²) in [6.07, 6.45) is 0. The molecule has 0 saturated heterocycles.